The monoisotopic (exact) mass is 312 g/mol. The van der Waals surface area contributed by atoms with Crippen LogP contribution in [0.4, 0.5) is 9.18 Å². The average molecular weight is 312 g/mol. The van der Waals surface area contributed by atoms with E-state index in [0.717, 1.165) is 5.56 Å². The molecule has 1 aromatic carbocycles. The molecule has 0 unspecified atom stereocenters. The Morgan fingerprint density at radius 3 is 2.76 bits per heavy atom. The molecule has 0 N–H and O–H groups in total. The Labute approximate surface area is 127 Å². The molecule has 0 saturated heterocycles. The third kappa shape index (κ3) is 4.46. The molecule has 2 rings (SSSR count). The van der Waals surface area contributed by atoms with Crippen LogP contribution < -0.4 is 4.74 Å². The van der Waals surface area contributed by atoms with Gasteiger partial charge < -0.3 is 9.47 Å². The first-order chi connectivity index (χ1) is 9.74. The molecule has 4 nitrogen and oxygen atoms in total. The van der Waals surface area contributed by atoms with E-state index in [1.807, 2.05) is 0 Å². The van der Waals surface area contributed by atoms with Crippen LogP contribution in [0.15, 0.2) is 18.2 Å². The highest BCUT2D eigenvalue weighted by Crippen LogP contribution is 2.30. The van der Waals surface area contributed by atoms with Crippen LogP contribution in [0.5, 0.6) is 5.75 Å². The Kier molecular flexibility index (Phi) is 4.56. The fourth-order valence-corrected chi connectivity index (χ4v) is 2.70. The SMILES string of the molecule is CC(C)(C)OC(=O)SC(=O)[C@@H]1CCc2cc(F)ccc2O1. The number of rotatable bonds is 1. The van der Waals surface area contributed by atoms with Gasteiger partial charge in [0.2, 0.25) is 5.12 Å². The number of hydrogen-bond acceptors (Lipinski definition) is 5. The van der Waals surface area contributed by atoms with E-state index in [4.69, 9.17) is 9.47 Å². The molecule has 6 heteroatoms. The Morgan fingerprint density at radius 2 is 2.10 bits per heavy atom. The molecule has 0 fully saturated rings. The van der Waals surface area contributed by atoms with E-state index in [2.05, 4.69) is 0 Å². The molecule has 0 amide bonds. The van der Waals surface area contributed by atoms with Gasteiger partial charge in [0.25, 0.3) is 0 Å². The summed E-state index contributed by atoms with van der Waals surface area (Å²) in [6, 6.07) is 4.19. The van der Waals surface area contributed by atoms with Crippen molar-refractivity contribution in [2.24, 2.45) is 0 Å². The zero-order valence-electron chi connectivity index (χ0n) is 12.1. The second-order valence-electron chi connectivity index (χ2n) is 5.78. The number of halogens is 1. The number of fused-ring (bicyclic) bond motifs is 1. The van der Waals surface area contributed by atoms with E-state index in [-0.39, 0.29) is 10.9 Å². The third-order valence-corrected chi connectivity index (χ3v) is 3.52. The quantitative estimate of drug-likeness (QED) is 0.740. The molecule has 21 heavy (non-hydrogen) atoms. The van der Waals surface area contributed by atoms with Crippen LogP contribution in [0.2, 0.25) is 0 Å². The topological polar surface area (TPSA) is 52.6 Å². The maximum Gasteiger partial charge on any atom is 0.375 e. The number of carbonyl (C=O) groups excluding carboxylic acids is 2. The summed E-state index contributed by atoms with van der Waals surface area (Å²) in [6.45, 7) is 5.20. The van der Waals surface area contributed by atoms with Crippen molar-refractivity contribution in [2.45, 2.75) is 45.3 Å². The Morgan fingerprint density at radius 1 is 1.38 bits per heavy atom. The van der Waals surface area contributed by atoms with E-state index in [9.17, 15) is 14.0 Å². The predicted octanol–water partition coefficient (Wildman–Crippen LogP) is 3.71. The second-order valence-corrected chi connectivity index (χ2v) is 6.72. The molecule has 1 aromatic rings. The smallest absolute Gasteiger partial charge is 0.375 e. The summed E-state index contributed by atoms with van der Waals surface area (Å²) in [6.07, 6.45) is 0.254. The van der Waals surface area contributed by atoms with Gasteiger partial charge in [-0.3, -0.25) is 4.79 Å². The molecule has 1 atom stereocenters. The fourth-order valence-electron chi connectivity index (χ4n) is 1.94. The van der Waals surface area contributed by atoms with Crippen LogP contribution in [0.25, 0.3) is 0 Å². The van der Waals surface area contributed by atoms with Crippen LogP contribution in [0.1, 0.15) is 32.8 Å². The molecule has 0 spiro atoms. The van der Waals surface area contributed by atoms with Gasteiger partial charge in [0.1, 0.15) is 17.2 Å². The van der Waals surface area contributed by atoms with Gasteiger partial charge in [-0.1, -0.05) is 0 Å². The van der Waals surface area contributed by atoms with Crippen molar-refractivity contribution in [3.63, 3.8) is 0 Å². The summed E-state index contributed by atoms with van der Waals surface area (Å²) in [7, 11) is 0. The van der Waals surface area contributed by atoms with E-state index < -0.39 is 17.0 Å². The first-order valence-electron chi connectivity index (χ1n) is 6.64. The van der Waals surface area contributed by atoms with Crippen molar-refractivity contribution < 1.29 is 23.5 Å². The molecule has 0 aliphatic carbocycles. The Hall–Kier alpha value is -1.56. The summed E-state index contributed by atoms with van der Waals surface area (Å²) in [4.78, 5) is 23.7. The maximum atomic E-state index is 13.1. The zero-order valence-corrected chi connectivity index (χ0v) is 13.0. The number of ether oxygens (including phenoxy) is 2. The lowest BCUT2D eigenvalue weighted by Crippen LogP contribution is -2.31. The van der Waals surface area contributed by atoms with Crippen molar-refractivity contribution in [3.05, 3.63) is 29.6 Å². The van der Waals surface area contributed by atoms with Crippen molar-refractivity contribution in [1.29, 1.82) is 0 Å². The van der Waals surface area contributed by atoms with Gasteiger partial charge in [0.15, 0.2) is 6.10 Å². The van der Waals surface area contributed by atoms with Gasteiger partial charge in [-0.25, -0.2) is 9.18 Å². The van der Waals surface area contributed by atoms with Gasteiger partial charge in [-0.05, 0) is 57.4 Å². The first-order valence-corrected chi connectivity index (χ1v) is 7.46. The summed E-state index contributed by atoms with van der Waals surface area (Å²) in [5.74, 6) is 0.163. The van der Waals surface area contributed by atoms with Crippen molar-refractivity contribution in [3.8, 4) is 5.75 Å². The summed E-state index contributed by atoms with van der Waals surface area (Å²) in [5.41, 5.74) is 0.100. The first kappa shape index (κ1) is 15.8. The van der Waals surface area contributed by atoms with Crippen LogP contribution in [-0.2, 0) is 16.0 Å². The molecular formula is C15H17FO4S. The summed E-state index contributed by atoms with van der Waals surface area (Å²) < 4.78 is 23.7. The minimum Gasteiger partial charge on any atom is -0.481 e. The molecule has 1 heterocycles. The lowest BCUT2D eigenvalue weighted by molar-refractivity contribution is -0.117. The van der Waals surface area contributed by atoms with E-state index in [1.165, 1.54) is 18.2 Å². The van der Waals surface area contributed by atoms with Crippen molar-refractivity contribution in [2.75, 3.05) is 0 Å². The van der Waals surface area contributed by atoms with Crippen LogP contribution in [-0.4, -0.2) is 22.1 Å². The zero-order chi connectivity index (χ0) is 15.6. The Balaban J connectivity index is 1.96. The summed E-state index contributed by atoms with van der Waals surface area (Å²) >= 11 is 0.512. The number of carbonyl (C=O) groups is 2. The van der Waals surface area contributed by atoms with Crippen molar-refractivity contribution in [1.82, 2.24) is 0 Å². The lowest BCUT2D eigenvalue weighted by Gasteiger charge is -2.25. The van der Waals surface area contributed by atoms with E-state index in [0.29, 0.717) is 30.4 Å². The van der Waals surface area contributed by atoms with Crippen LogP contribution in [0, 0.1) is 5.82 Å². The van der Waals surface area contributed by atoms with Crippen molar-refractivity contribution >= 4 is 22.2 Å². The van der Waals surface area contributed by atoms with Gasteiger partial charge in [0.05, 0.1) is 0 Å². The second kappa shape index (κ2) is 6.05. The maximum absolute atomic E-state index is 13.1. The summed E-state index contributed by atoms with van der Waals surface area (Å²) in [5, 5.41) is -1.03. The number of benzene rings is 1. The van der Waals surface area contributed by atoms with E-state index in [1.54, 1.807) is 20.8 Å². The largest absolute Gasteiger partial charge is 0.481 e. The van der Waals surface area contributed by atoms with Gasteiger partial charge in [-0.15, -0.1) is 0 Å². The highest BCUT2D eigenvalue weighted by Gasteiger charge is 2.30. The number of thioether (sulfide) groups is 1. The third-order valence-electron chi connectivity index (χ3n) is 2.80. The standard InChI is InChI=1S/C15H17FO4S/c1-15(2,3)20-14(18)21-13(17)12-6-4-9-8-10(16)5-7-11(9)19-12/h5,7-8,12H,4,6H2,1-3H3/t12-/m0/s1. The van der Waals surface area contributed by atoms with Crippen LogP contribution >= 0.6 is 11.8 Å². The molecule has 0 aromatic heterocycles. The van der Waals surface area contributed by atoms with Gasteiger partial charge in [0, 0.05) is 11.8 Å². The highest BCUT2D eigenvalue weighted by molar-refractivity contribution is 8.25. The molecule has 1 aliphatic rings. The lowest BCUT2D eigenvalue weighted by atomic mass is 10.0. The molecule has 0 radical (unpaired) electrons. The molecule has 0 saturated carbocycles. The molecular weight excluding hydrogens is 295 g/mol. The molecule has 0 bridgehead atoms. The molecule has 114 valence electrons. The number of aryl methyl sites for hydroxylation is 1. The average Bonchev–Trinajstić information content (AvgIpc) is 2.35. The minimum atomic E-state index is -0.708. The minimum absolute atomic E-state index is 0.328. The normalized spacial score (nSPS) is 17.6. The number of hydrogen-bond donors (Lipinski definition) is 0. The predicted molar refractivity (Wildman–Crippen MR) is 78.0 cm³/mol. The Bertz CT molecular complexity index is 565. The fraction of sp³-hybridized carbons (Fsp3) is 0.467. The van der Waals surface area contributed by atoms with E-state index >= 15 is 0 Å². The highest BCUT2D eigenvalue weighted by atomic mass is 32.2. The van der Waals surface area contributed by atoms with Gasteiger partial charge >= 0.3 is 5.30 Å². The van der Waals surface area contributed by atoms with Crippen LogP contribution in [0.3, 0.4) is 0 Å². The van der Waals surface area contributed by atoms with Gasteiger partial charge in [-0.2, -0.15) is 0 Å². The molecule has 1 aliphatic heterocycles.